The van der Waals surface area contributed by atoms with Crippen molar-refractivity contribution in [1.82, 2.24) is 9.78 Å². The molecule has 0 amide bonds. The lowest BCUT2D eigenvalue weighted by atomic mass is 10.2. The van der Waals surface area contributed by atoms with Crippen LogP contribution in [0.1, 0.15) is 24.5 Å². The van der Waals surface area contributed by atoms with Crippen molar-refractivity contribution in [3.8, 4) is 5.75 Å². The predicted octanol–water partition coefficient (Wildman–Crippen LogP) is 2.35. The highest BCUT2D eigenvalue weighted by molar-refractivity contribution is 9.10. The maximum Gasteiger partial charge on any atom is 0.163 e. The number of aliphatic hydroxyl groups excluding tert-OH is 1. The molecule has 0 bridgehead atoms. The number of methoxy groups -OCH3 is 1. The van der Waals surface area contributed by atoms with Gasteiger partial charge in [0, 0.05) is 6.54 Å². The van der Waals surface area contributed by atoms with Crippen LogP contribution < -0.4 is 4.74 Å². The van der Waals surface area contributed by atoms with E-state index in [1.54, 1.807) is 24.1 Å². The van der Waals surface area contributed by atoms with Crippen molar-refractivity contribution >= 4 is 15.9 Å². The van der Waals surface area contributed by atoms with Crippen LogP contribution in [-0.4, -0.2) is 22.0 Å². The second-order valence-corrected chi connectivity index (χ2v) is 4.30. The molecule has 0 saturated heterocycles. The fourth-order valence-electron chi connectivity index (χ4n) is 1.69. The van der Waals surface area contributed by atoms with Crippen molar-refractivity contribution in [2.24, 2.45) is 0 Å². The smallest absolute Gasteiger partial charge is 0.163 e. The van der Waals surface area contributed by atoms with Gasteiger partial charge < -0.3 is 14.3 Å². The van der Waals surface area contributed by atoms with Crippen molar-refractivity contribution in [3.63, 3.8) is 0 Å². The Labute approximate surface area is 107 Å². The van der Waals surface area contributed by atoms with Crippen LogP contribution in [0.15, 0.2) is 27.4 Å². The molecule has 0 aromatic carbocycles. The minimum atomic E-state index is -0.906. The average molecular weight is 301 g/mol. The van der Waals surface area contributed by atoms with Gasteiger partial charge in [0.2, 0.25) is 0 Å². The molecule has 0 saturated carbocycles. The van der Waals surface area contributed by atoms with E-state index in [2.05, 4.69) is 21.0 Å². The fraction of sp³-hybridized carbons (Fsp3) is 0.364. The topological polar surface area (TPSA) is 60.4 Å². The Morgan fingerprint density at radius 3 is 2.94 bits per heavy atom. The SMILES string of the molecule is CCn1ncc(OC)c1C(O)c1occc1Br. The Morgan fingerprint density at radius 2 is 2.41 bits per heavy atom. The molecule has 6 heteroatoms. The molecule has 0 radical (unpaired) electrons. The highest BCUT2D eigenvalue weighted by Gasteiger charge is 2.25. The second kappa shape index (κ2) is 4.93. The number of ether oxygens (including phenoxy) is 1. The highest BCUT2D eigenvalue weighted by Crippen LogP contribution is 2.34. The average Bonchev–Trinajstić information content (AvgIpc) is 2.93. The summed E-state index contributed by atoms with van der Waals surface area (Å²) >= 11 is 3.32. The number of hydrogen-bond acceptors (Lipinski definition) is 4. The molecule has 0 spiro atoms. The highest BCUT2D eigenvalue weighted by atomic mass is 79.9. The van der Waals surface area contributed by atoms with Gasteiger partial charge in [0.25, 0.3) is 0 Å². The van der Waals surface area contributed by atoms with Gasteiger partial charge in [0.05, 0.1) is 24.0 Å². The quantitative estimate of drug-likeness (QED) is 0.941. The Balaban J connectivity index is 2.45. The van der Waals surface area contributed by atoms with E-state index in [4.69, 9.17) is 9.15 Å². The number of hydrogen-bond donors (Lipinski definition) is 1. The third kappa shape index (κ3) is 2.10. The summed E-state index contributed by atoms with van der Waals surface area (Å²) in [6.45, 7) is 2.59. The summed E-state index contributed by atoms with van der Waals surface area (Å²) in [6, 6.07) is 1.73. The monoisotopic (exact) mass is 300 g/mol. The fourth-order valence-corrected chi connectivity index (χ4v) is 2.11. The number of halogens is 1. The molecule has 2 rings (SSSR count). The molecule has 0 aliphatic carbocycles. The molecule has 2 aromatic rings. The molecule has 0 fully saturated rings. The first kappa shape index (κ1) is 12.2. The van der Waals surface area contributed by atoms with E-state index in [1.807, 2.05) is 6.92 Å². The van der Waals surface area contributed by atoms with Gasteiger partial charge in [-0.25, -0.2) is 0 Å². The first-order valence-corrected chi connectivity index (χ1v) is 5.99. The van der Waals surface area contributed by atoms with Gasteiger partial charge in [-0.15, -0.1) is 0 Å². The molecular formula is C11H13BrN2O3. The number of aryl methyl sites for hydroxylation is 1. The van der Waals surface area contributed by atoms with E-state index >= 15 is 0 Å². The minimum absolute atomic E-state index is 0.443. The van der Waals surface area contributed by atoms with Crippen LogP contribution >= 0.6 is 15.9 Å². The molecule has 1 N–H and O–H groups in total. The van der Waals surface area contributed by atoms with Gasteiger partial charge in [-0.3, -0.25) is 4.68 Å². The maximum atomic E-state index is 10.3. The Morgan fingerprint density at radius 1 is 1.65 bits per heavy atom. The van der Waals surface area contributed by atoms with E-state index in [1.165, 1.54) is 6.26 Å². The van der Waals surface area contributed by atoms with Gasteiger partial charge >= 0.3 is 0 Å². The molecule has 5 nitrogen and oxygen atoms in total. The first-order valence-electron chi connectivity index (χ1n) is 5.19. The van der Waals surface area contributed by atoms with Crippen LogP contribution in [0.25, 0.3) is 0 Å². The third-order valence-electron chi connectivity index (χ3n) is 2.52. The molecule has 0 aliphatic rings. The Hall–Kier alpha value is -1.27. The molecule has 17 heavy (non-hydrogen) atoms. The first-order chi connectivity index (χ1) is 8.19. The molecule has 0 aliphatic heterocycles. The summed E-state index contributed by atoms with van der Waals surface area (Å²) in [7, 11) is 1.55. The van der Waals surface area contributed by atoms with E-state index in [9.17, 15) is 5.11 Å². The summed E-state index contributed by atoms with van der Waals surface area (Å²) in [6.07, 6.45) is 2.19. The number of aliphatic hydroxyl groups is 1. The van der Waals surface area contributed by atoms with Gasteiger partial charge in [0.1, 0.15) is 5.69 Å². The van der Waals surface area contributed by atoms with Crippen molar-refractivity contribution in [2.75, 3.05) is 7.11 Å². The van der Waals surface area contributed by atoms with Crippen LogP contribution in [0, 0.1) is 0 Å². The molecule has 2 aromatic heterocycles. The molecule has 2 heterocycles. The number of furan rings is 1. The standard InChI is InChI=1S/C11H13BrN2O3/c1-3-14-9(8(16-2)6-13-14)10(15)11-7(12)4-5-17-11/h4-6,10,15H,3H2,1-2H3. The maximum absolute atomic E-state index is 10.3. The van der Waals surface area contributed by atoms with Crippen LogP contribution in [0.3, 0.4) is 0 Å². The lowest BCUT2D eigenvalue weighted by Crippen LogP contribution is -2.10. The summed E-state index contributed by atoms with van der Waals surface area (Å²) in [5.41, 5.74) is 0.589. The van der Waals surface area contributed by atoms with Gasteiger partial charge in [-0.2, -0.15) is 5.10 Å². The van der Waals surface area contributed by atoms with Crippen LogP contribution in [0.4, 0.5) is 0 Å². The summed E-state index contributed by atoms with van der Waals surface area (Å²) < 4.78 is 12.8. The van der Waals surface area contributed by atoms with E-state index in [-0.39, 0.29) is 0 Å². The largest absolute Gasteiger partial charge is 0.493 e. The minimum Gasteiger partial charge on any atom is -0.493 e. The predicted molar refractivity (Wildman–Crippen MR) is 64.9 cm³/mol. The molecule has 92 valence electrons. The van der Waals surface area contributed by atoms with Gasteiger partial charge in [-0.05, 0) is 28.9 Å². The van der Waals surface area contributed by atoms with E-state index in [0.717, 1.165) is 4.47 Å². The lowest BCUT2D eigenvalue weighted by molar-refractivity contribution is 0.173. The molecular weight excluding hydrogens is 288 g/mol. The number of nitrogens with zero attached hydrogens (tertiary/aromatic N) is 2. The van der Waals surface area contributed by atoms with E-state index in [0.29, 0.717) is 23.7 Å². The third-order valence-corrected chi connectivity index (χ3v) is 3.17. The zero-order valence-electron chi connectivity index (χ0n) is 9.55. The normalized spacial score (nSPS) is 12.7. The summed E-state index contributed by atoms with van der Waals surface area (Å²) in [5, 5.41) is 14.5. The van der Waals surface area contributed by atoms with Crippen molar-refractivity contribution < 1.29 is 14.3 Å². The van der Waals surface area contributed by atoms with Gasteiger partial charge in [-0.1, -0.05) is 0 Å². The summed E-state index contributed by atoms with van der Waals surface area (Å²) in [5.74, 6) is 0.987. The molecule has 1 unspecified atom stereocenters. The van der Waals surface area contributed by atoms with Crippen molar-refractivity contribution in [1.29, 1.82) is 0 Å². The zero-order valence-corrected chi connectivity index (χ0v) is 11.1. The second-order valence-electron chi connectivity index (χ2n) is 3.45. The zero-order chi connectivity index (χ0) is 12.4. The molecule has 1 atom stereocenters. The van der Waals surface area contributed by atoms with E-state index < -0.39 is 6.10 Å². The summed E-state index contributed by atoms with van der Waals surface area (Å²) in [4.78, 5) is 0. The number of aromatic nitrogens is 2. The van der Waals surface area contributed by atoms with Crippen LogP contribution in [0.5, 0.6) is 5.75 Å². The Bertz CT molecular complexity index is 485. The van der Waals surface area contributed by atoms with Crippen LogP contribution in [0.2, 0.25) is 0 Å². The number of rotatable bonds is 4. The van der Waals surface area contributed by atoms with Crippen molar-refractivity contribution in [3.05, 3.63) is 34.5 Å². The Kier molecular flexibility index (Phi) is 3.54. The van der Waals surface area contributed by atoms with Crippen molar-refractivity contribution in [2.45, 2.75) is 19.6 Å². The van der Waals surface area contributed by atoms with Crippen LogP contribution in [-0.2, 0) is 6.54 Å². The van der Waals surface area contributed by atoms with Gasteiger partial charge in [0.15, 0.2) is 17.6 Å². The lowest BCUT2D eigenvalue weighted by Gasteiger charge is -2.12.